The first-order valence-electron chi connectivity index (χ1n) is 5.48. The van der Waals surface area contributed by atoms with Gasteiger partial charge in [-0.2, -0.15) is 0 Å². The molecule has 0 fully saturated rings. The van der Waals surface area contributed by atoms with Crippen LogP contribution in [-0.2, 0) is 6.61 Å². The predicted molar refractivity (Wildman–Crippen MR) is 72.7 cm³/mol. The Kier molecular flexibility index (Phi) is 4.22. The third-order valence-corrected chi connectivity index (χ3v) is 3.67. The molecule has 0 radical (unpaired) electrons. The van der Waals surface area contributed by atoms with Crippen molar-refractivity contribution in [1.29, 1.82) is 0 Å². The van der Waals surface area contributed by atoms with Gasteiger partial charge in [-0.05, 0) is 37.3 Å². The van der Waals surface area contributed by atoms with Gasteiger partial charge in [-0.3, -0.25) is 0 Å². The van der Waals surface area contributed by atoms with E-state index in [4.69, 9.17) is 22.1 Å². The predicted octanol–water partition coefficient (Wildman–Crippen LogP) is 4.14. The smallest absolute Gasteiger partial charge is 0.124 e. The molecule has 2 aromatic rings. The fourth-order valence-electron chi connectivity index (χ4n) is 1.58. The molecule has 1 aromatic carbocycles. The molecule has 2 nitrogen and oxygen atoms in total. The highest BCUT2D eigenvalue weighted by Crippen LogP contribution is 2.27. The van der Waals surface area contributed by atoms with Crippen LogP contribution >= 0.6 is 22.9 Å². The van der Waals surface area contributed by atoms with E-state index in [9.17, 15) is 4.39 Å². The summed E-state index contributed by atoms with van der Waals surface area (Å²) >= 11 is 7.30. The van der Waals surface area contributed by atoms with Gasteiger partial charge in [-0.25, -0.2) is 4.39 Å². The van der Waals surface area contributed by atoms with E-state index in [2.05, 4.69) is 0 Å². The molecule has 2 N–H and O–H groups in total. The molecule has 1 aromatic heterocycles. The van der Waals surface area contributed by atoms with Crippen LogP contribution in [0.2, 0.25) is 4.34 Å². The lowest BCUT2D eigenvalue weighted by atomic mass is 10.1. The Morgan fingerprint density at radius 3 is 2.78 bits per heavy atom. The SMILES string of the molecule is C[C@H](N)c1cc(F)ccc1OCc1ccc(Cl)s1. The van der Waals surface area contributed by atoms with Gasteiger partial charge in [-0.15, -0.1) is 11.3 Å². The van der Waals surface area contributed by atoms with Crippen molar-refractivity contribution in [3.8, 4) is 5.75 Å². The molecule has 0 aliphatic heterocycles. The highest BCUT2D eigenvalue weighted by molar-refractivity contribution is 7.16. The van der Waals surface area contributed by atoms with Gasteiger partial charge >= 0.3 is 0 Å². The number of benzene rings is 1. The molecular formula is C13H13ClFNOS. The first kappa shape index (κ1) is 13.3. The average Bonchev–Trinajstić information content (AvgIpc) is 2.73. The van der Waals surface area contributed by atoms with Crippen LogP contribution in [0.25, 0.3) is 0 Å². The van der Waals surface area contributed by atoms with Crippen molar-refractivity contribution in [2.24, 2.45) is 5.73 Å². The quantitative estimate of drug-likeness (QED) is 0.916. The molecule has 0 aliphatic carbocycles. The summed E-state index contributed by atoms with van der Waals surface area (Å²) in [6.07, 6.45) is 0. The van der Waals surface area contributed by atoms with Crippen molar-refractivity contribution >= 4 is 22.9 Å². The minimum absolute atomic E-state index is 0.275. The maximum atomic E-state index is 13.1. The summed E-state index contributed by atoms with van der Waals surface area (Å²) in [6.45, 7) is 2.20. The largest absolute Gasteiger partial charge is 0.488 e. The number of hydrogen-bond donors (Lipinski definition) is 1. The lowest BCUT2D eigenvalue weighted by molar-refractivity contribution is 0.304. The topological polar surface area (TPSA) is 35.2 Å². The minimum atomic E-state index is -0.311. The normalized spacial score (nSPS) is 12.4. The zero-order chi connectivity index (χ0) is 13.1. The Labute approximate surface area is 114 Å². The van der Waals surface area contributed by atoms with Crippen LogP contribution in [0.3, 0.4) is 0 Å². The molecule has 2 rings (SSSR count). The Morgan fingerprint density at radius 1 is 1.39 bits per heavy atom. The van der Waals surface area contributed by atoms with E-state index in [0.29, 0.717) is 17.9 Å². The number of thiophene rings is 1. The van der Waals surface area contributed by atoms with Crippen LogP contribution in [0, 0.1) is 5.82 Å². The molecule has 0 spiro atoms. The summed E-state index contributed by atoms with van der Waals surface area (Å²) in [5.74, 6) is 0.296. The fraction of sp³-hybridized carbons (Fsp3) is 0.231. The highest BCUT2D eigenvalue weighted by Gasteiger charge is 2.10. The lowest BCUT2D eigenvalue weighted by Crippen LogP contribution is -2.08. The number of rotatable bonds is 4. The molecule has 0 saturated carbocycles. The van der Waals surface area contributed by atoms with E-state index >= 15 is 0 Å². The number of ether oxygens (including phenoxy) is 1. The van der Waals surface area contributed by atoms with Gasteiger partial charge in [-0.1, -0.05) is 11.6 Å². The molecule has 0 saturated heterocycles. The van der Waals surface area contributed by atoms with Gasteiger partial charge in [0.25, 0.3) is 0 Å². The second-order valence-electron chi connectivity index (χ2n) is 3.97. The third-order valence-electron chi connectivity index (χ3n) is 2.46. The molecule has 0 aliphatic rings. The second kappa shape index (κ2) is 5.69. The average molecular weight is 286 g/mol. The Hall–Kier alpha value is -1.10. The molecule has 0 bridgehead atoms. The monoisotopic (exact) mass is 285 g/mol. The maximum Gasteiger partial charge on any atom is 0.124 e. The van der Waals surface area contributed by atoms with Gasteiger partial charge in [0, 0.05) is 16.5 Å². The first-order valence-corrected chi connectivity index (χ1v) is 6.68. The van der Waals surface area contributed by atoms with E-state index in [1.807, 2.05) is 12.1 Å². The van der Waals surface area contributed by atoms with Crippen molar-refractivity contribution in [3.63, 3.8) is 0 Å². The molecular weight excluding hydrogens is 273 g/mol. The van der Waals surface area contributed by atoms with Gasteiger partial charge in [0.15, 0.2) is 0 Å². The van der Waals surface area contributed by atoms with Gasteiger partial charge < -0.3 is 10.5 Å². The molecule has 96 valence electrons. The number of hydrogen-bond acceptors (Lipinski definition) is 3. The van der Waals surface area contributed by atoms with Crippen LogP contribution < -0.4 is 10.5 Å². The van der Waals surface area contributed by atoms with Gasteiger partial charge in [0.2, 0.25) is 0 Å². The van der Waals surface area contributed by atoms with E-state index in [1.54, 1.807) is 13.0 Å². The summed E-state index contributed by atoms with van der Waals surface area (Å²) < 4.78 is 19.5. The van der Waals surface area contributed by atoms with E-state index in [0.717, 1.165) is 9.21 Å². The fourth-order valence-corrected chi connectivity index (χ4v) is 2.59. The maximum absolute atomic E-state index is 13.1. The summed E-state index contributed by atoms with van der Waals surface area (Å²) in [7, 11) is 0. The van der Waals surface area contributed by atoms with Crippen LogP contribution in [0.4, 0.5) is 4.39 Å². The van der Waals surface area contributed by atoms with Crippen LogP contribution in [0.1, 0.15) is 23.4 Å². The molecule has 1 atom stereocenters. The molecule has 0 unspecified atom stereocenters. The van der Waals surface area contributed by atoms with E-state index < -0.39 is 0 Å². The Morgan fingerprint density at radius 2 is 2.17 bits per heavy atom. The summed E-state index contributed by atoms with van der Waals surface area (Å²) in [5, 5.41) is 0. The standard InChI is InChI=1S/C13H13ClFNOS/c1-8(16)11-6-9(15)2-4-12(11)17-7-10-3-5-13(14)18-10/h2-6,8H,7,16H2,1H3/t8-/m0/s1. The summed E-state index contributed by atoms with van der Waals surface area (Å²) in [4.78, 5) is 1.01. The van der Waals surface area contributed by atoms with Crippen LogP contribution in [-0.4, -0.2) is 0 Å². The molecule has 18 heavy (non-hydrogen) atoms. The second-order valence-corrected chi connectivity index (χ2v) is 5.76. The van der Waals surface area contributed by atoms with Gasteiger partial charge in [0.05, 0.1) is 4.34 Å². The van der Waals surface area contributed by atoms with Crippen molar-refractivity contribution in [2.75, 3.05) is 0 Å². The number of nitrogens with two attached hydrogens (primary N) is 1. The van der Waals surface area contributed by atoms with Crippen molar-refractivity contribution in [3.05, 3.63) is 50.9 Å². The first-order chi connectivity index (χ1) is 8.56. The summed E-state index contributed by atoms with van der Waals surface area (Å²) in [5.41, 5.74) is 6.46. The van der Waals surface area contributed by atoms with E-state index in [1.165, 1.54) is 23.5 Å². The zero-order valence-corrected chi connectivity index (χ0v) is 11.4. The molecule has 5 heteroatoms. The van der Waals surface area contributed by atoms with Gasteiger partial charge in [0.1, 0.15) is 18.2 Å². The Bertz CT molecular complexity index is 542. The van der Waals surface area contributed by atoms with E-state index in [-0.39, 0.29) is 11.9 Å². The number of halogens is 2. The van der Waals surface area contributed by atoms with Crippen molar-refractivity contribution in [1.82, 2.24) is 0 Å². The molecule has 1 heterocycles. The van der Waals surface area contributed by atoms with Crippen LogP contribution in [0.5, 0.6) is 5.75 Å². The molecule has 0 amide bonds. The Balaban J connectivity index is 2.13. The lowest BCUT2D eigenvalue weighted by Gasteiger charge is -2.13. The minimum Gasteiger partial charge on any atom is -0.488 e. The van der Waals surface area contributed by atoms with Crippen molar-refractivity contribution < 1.29 is 9.13 Å². The van der Waals surface area contributed by atoms with Crippen LogP contribution in [0.15, 0.2) is 30.3 Å². The highest BCUT2D eigenvalue weighted by atomic mass is 35.5. The van der Waals surface area contributed by atoms with Crippen molar-refractivity contribution in [2.45, 2.75) is 19.6 Å². The third kappa shape index (κ3) is 3.22. The zero-order valence-electron chi connectivity index (χ0n) is 9.82. The summed E-state index contributed by atoms with van der Waals surface area (Å²) in [6, 6.07) is 7.82.